The van der Waals surface area contributed by atoms with Crippen LogP contribution in [0.2, 0.25) is 0 Å². The lowest BCUT2D eigenvalue weighted by Crippen LogP contribution is -2.40. The summed E-state index contributed by atoms with van der Waals surface area (Å²) in [5, 5.41) is 22.0. The Labute approximate surface area is 242 Å². The van der Waals surface area contributed by atoms with Crippen LogP contribution in [-0.2, 0) is 21.5 Å². The monoisotopic (exact) mass is 574 g/mol. The predicted molar refractivity (Wildman–Crippen MR) is 155 cm³/mol. The number of hydrogen-bond donors (Lipinski definition) is 3. The molecular weight excluding hydrogens is 540 g/mol. The number of ether oxygens (including phenoxy) is 4. The number of aliphatic hydroxyl groups excluding tert-OH is 2. The van der Waals surface area contributed by atoms with Crippen molar-refractivity contribution in [3.63, 3.8) is 0 Å². The summed E-state index contributed by atoms with van der Waals surface area (Å²) in [7, 11) is 3.19. The van der Waals surface area contributed by atoms with Crippen molar-refractivity contribution in [3.05, 3.63) is 128 Å². The molecule has 0 bridgehead atoms. The summed E-state index contributed by atoms with van der Waals surface area (Å²) >= 11 is 0. The highest BCUT2D eigenvalue weighted by molar-refractivity contribution is 5.49. The molecule has 10 heteroatoms. The van der Waals surface area contributed by atoms with E-state index in [2.05, 4.69) is 4.98 Å². The van der Waals surface area contributed by atoms with Gasteiger partial charge in [-0.3, -0.25) is 14.3 Å². The minimum Gasteiger partial charge on any atom is -0.497 e. The number of rotatable bonds is 10. The molecule has 0 aliphatic carbocycles. The van der Waals surface area contributed by atoms with Crippen LogP contribution in [0.3, 0.4) is 0 Å². The molecular formula is C32H34N2O8. The van der Waals surface area contributed by atoms with E-state index < -0.39 is 41.4 Å². The second kappa shape index (κ2) is 12.3. The fourth-order valence-corrected chi connectivity index (χ4v) is 5.35. The highest BCUT2D eigenvalue weighted by atomic mass is 16.6. The van der Waals surface area contributed by atoms with Crippen molar-refractivity contribution in [1.29, 1.82) is 0 Å². The average molecular weight is 575 g/mol. The maximum atomic E-state index is 12.6. The van der Waals surface area contributed by atoms with Gasteiger partial charge >= 0.3 is 5.69 Å². The van der Waals surface area contributed by atoms with E-state index in [4.69, 9.17) is 18.9 Å². The third-order valence-corrected chi connectivity index (χ3v) is 7.67. The van der Waals surface area contributed by atoms with Gasteiger partial charge in [0.25, 0.3) is 5.56 Å². The van der Waals surface area contributed by atoms with E-state index in [1.54, 1.807) is 21.1 Å². The molecule has 0 radical (unpaired) electrons. The molecule has 1 aliphatic heterocycles. The second-order valence-electron chi connectivity index (χ2n) is 10.0. The van der Waals surface area contributed by atoms with Crippen LogP contribution in [0.5, 0.6) is 11.5 Å². The average Bonchev–Trinajstić information content (AvgIpc) is 3.31. The Morgan fingerprint density at radius 2 is 1.38 bits per heavy atom. The van der Waals surface area contributed by atoms with E-state index in [0.717, 1.165) is 21.3 Å². The molecule has 1 fully saturated rings. The third-order valence-electron chi connectivity index (χ3n) is 7.67. The topological polar surface area (TPSA) is 132 Å². The van der Waals surface area contributed by atoms with Gasteiger partial charge in [0.2, 0.25) is 0 Å². The van der Waals surface area contributed by atoms with Crippen molar-refractivity contribution < 1.29 is 29.2 Å². The molecule has 10 nitrogen and oxygen atoms in total. The first kappa shape index (κ1) is 29.3. The van der Waals surface area contributed by atoms with Crippen molar-refractivity contribution in [3.8, 4) is 11.5 Å². The molecule has 2 heterocycles. The fraction of sp³-hybridized carbons (Fsp3) is 0.312. The van der Waals surface area contributed by atoms with Gasteiger partial charge in [-0.1, -0.05) is 61.5 Å². The summed E-state index contributed by atoms with van der Waals surface area (Å²) < 4.78 is 24.7. The number of aryl methyl sites for hydroxylation is 1. The summed E-state index contributed by atoms with van der Waals surface area (Å²) in [5.74, 6) is 1.35. The lowest BCUT2D eigenvalue weighted by Gasteiger charge is -2.37. The van der Waals surface area contributed by atoms with E-state index >= 15 is 0 Å². The Bertz CT molecular complexity index is 1550. The summed E-state index contributed by atoms with van der Waals surface area (Å²) in [5.41, 5.74) is 0.317. The van der Waals surface area contributed by atoms with Crippen LogP contribution in [0.15, 0.2) is 94.6 Å². The minimum atomic E-state index is -1.44. The molecule has 5 rings (SSSR count). The zero-order valence-electron chi connectivity index (χ0n) is 23.6. The molecule has 3 aromatic carbocycles. The largest absolute Gasteiger partial charge is 0.497 e. The molecule has 1 saturated heterocycles. The summed E-state index contributed by atoms with van der Waals surface area (Å²) in [4.78, 5) is 27.0. The van der Waals surface area contributed by atoms with Crippen LogP contribution in [0, 0.1) is 0 Å². The van der Waals surface area contributed by atoms with E-state index in [0.29, 0.717) is 23.5 Å². The third kappa shape index (κ3) is 5.37. The first-order valence-corrected chi connectivity index (χ1v) is 13.7. The van der Waals surface area contributed by atoms with Crippen LogP contribution in [0.4, 0.5) is 0 Å². The molecule has 4 aromatic rings. The van der Waals surface area contributed by atoms with Crippen molar-refractivity contribution in [2.24, 2.45) is 0 Å². The van der Waals surface area contributed by atoms with Gasteiger partial charge in [-0.15, -0.1) is 0 Å². The number of H-pyrrole nitrogens is 1. The Morgan fingerprint density at radius 3 is 1.90 bits per heavy atom. The molecule has 0 unspecified atom stereocenters. The summed E-state index contributed by atoms with van der Waals surface area (Å²) in [6, 6.07) is 24.6. The van der Waals surface area contributed by atoms with Gasteiger partial charge in [0.1, 0.15) is 35.4 Å². The van der Waals surface area contributed by atoms with Crippen LogP contribution < -0.4 is 20.7 Å². The molecule has 0 saturated carbocycles. The maximum Gasteiger partial charge on any atom is 0.330 e. The van der Waals surface area contributed by atoms with Gasteiger partial charge in [0.15, 0.2) is 6.23 Å². The van der Waals surface area contributed by atoms with Gasteiger partial charge in [0.05, 0.1) is 20.8 Å². The predicted octanol–water partition coefficient (Wildman–Crippen LogP) is 2.74. The lowest BCUT2D eigenvalue weighted by molar-refractivity contribution is -0.0959. The van der Waals surface area contributed by atoms with Crippen molar-refractivity contribution in [2.75, 3.05) is 20.8 Å². The Hall–Kier alpha value is -4.22. The number of hydrogen-bond acceptors (Lipinski definition) is 8. The molecule has 0 spiro atoms. The SMILES string of the molecule is CCc1cn([C@@H]2O[C@H](COC(c3ccccc3)(c3ccc(OC)cc3)c3ccc(OC)cc3)[C@@H](O)[C@H]2O)c(=O)[nH]c1=O. The molecule has 220 valence electrons. The number of methoxy groups -OCH3 is 2. The van der Waals surface area contributed by atoms with E-state index in [-0.39, 0.29) is 6.61 Å². The van der Waals surface area contributed by atoms with E-state index in [1.807, 2.05) is 78.9 Å². The van der Waals surface area contributed by atoms with Gasteiger partial charge in [-0.25, -0.2) is 4.79 Å². The zero-order valence-corrected chi connectivity index (χ0v) is 23.6. The Morgan fingerprint density at radius 1 is 0.833 bits per heavy atom. The smallest absolute Gasteiger partial charge is 0.330 e. The molecule has 1 aromatic heterocycles. The van der Waals surface area contributed by atoms with Gasteiger partial charge in [-0.05, 0) is 47.4 Å². The number of benzene rings is 3. The first-order valence-electron chi connectivity index (χ1n) is 13.7. The standard InChI is InChI=1S/C32H34N2O8/c1-4-20-18-34(31(38)33-29(20)37)30-28(36)27(35)26(42-30)19-41-32(21-8-6-5-7-9-21,22-10-14-24(39-2)15-11-22)23-12-16-25(40-3)17-13-23/h5-18,26-28,30,35-36H,4,19H2,1-3H3,(H,33,37,38)/t26-,27-,28-,30-/m1/s1. The van der Waals surface area contributed by atoms with Gasteiger partial charge in [0, 0.05) is 11.8 Å². The van der Waals surface area contributed by atoms with Crippen LogP contribution in [0.1, 0.15) is 35.4 Å². The van der Waals surface area contributed by atoms with Crippen molar-refractivity contribution >= 4 is 0 Å². The minimum absolute atomic E-state index is 0.152. The van der Waals surface area contributed by atoms with Gasteiger partial charge < -0.3 is 29.2 Å². The highest BCUT2D eigenvalue weighted by Gasteiger charge is 2.46. The Balaban J connectivity index is 1.55. The quantitative estimate of drug-likeness (QED) is 0.247. The van der Waals surface area contributed by atoms with E-state index in [1.165, 1.54) is 6.20 Å². The summed E-state index contributed by atoms with van der Waals surface area (Å²) in [6.07, 6.45) is -3.32. The molecule has 4 atom stereocenters. The number of aromatic nitrogens is 2. The fourth-order valence-electron chi connectivity index (χ4n) is 5.35. The number of nitrogens with one attached hydrogen (secondary N) is 1. The van der Waals surface area contributed by atoms with E-state index in [9.17, 15) is 19.8 Å². The van der Waals surface area contributed by atoms with Crippen molar-refractivity contribution in [2.45, 2.75) is 43.5 Å². The normalized spacial score (nSPS) is 20.4. The zero-order chi connectivity index (χ0) is 29.9. The lowest BCUT2D eigenvalue weighted by atomic mass is 9.80. The highest BCUT2D eigenvalue weighted by Crippen LogP contribution is 2.42. The van der Waals surface area contributed by atoms with Crippen LogP contribution in [0.25, 0.3) is 0 Å². The molecule has 3 N–H and O–H groups in total. The first-order chi connectivity index (χ1) is 20.3. The maximum absolute atomic E-state index is 12.6. The van der Waals surface area contributed by atoms with Crippen molar-refractivity contribution in [1.82, 2.24) is 9.55 Å². The summed E-state index contributed by atoms with van der Waals surface area (Å²) in [6.45, 7) is 1.62. The number of nitrogens with zero attached hydrogens (tertiary/aromatic N) is 1. The molecule has 42 heavy (non-hydrogen) atoms. The molecule has 0 amide bonds. The molecule has 1 aliphatic rings. The van der Waals surface area contributed by atoms with Crippen LogP contribution >= 0.6 is 0 Å². The van der Waals surface area contributed by atoms with Crippen LogP contribution in [-0.4, -0.2) is 58.9 Å². The number of aromatic amines is 1. The van der Waals surface area contributed by atoms with Gasteiger partial charge in [-0.2, -0.15) is 0 Å². The second-order valence-corrected chi connectivity index (χ2v) is 10.0. The Kier molecular flexibility index (Phi) is 8.60. The number of aliphatic hydroxyl groups is 2.